The van der Waals surface area contributed by atoms with E-state index in [2.05, 4.69) is 17.3 Å². The smallest absolute Gasteiger partial charge is 0.125 e. The molecule has 0 heterocycles. The van der Waals surface area contributed by atoms with Gasteiger partial charge in [-0.05, 0) is 81.5 Å². The van der Waals surface area contributed by atoms with Crippen LogP contribution in [0.2, 0.25) is 0 Å². The van der Waals surface area contributed by atoms with Crippen LogP contribution in [0.5, 0.6) is 17.2 Å². The molecule has 30 heavy (non-hydrogen) atoms. The second-order valence-corrected chi connectivity index (χ2v) is 7.12. The van der Waals surface area contributed by atoms with Gasteiger partial charge >= 0.3 is 0 Å². The van der Waals surface area contributed by atoms with Crippen LogP contribution in [0.1, 0.15) is 37.0 Å². The number of benzene rings is 2. The number of ether oxygens (including phenoxy) is 3. The average molecular weight is 412 g/mol. The maximum Gasteiger partial charge on any atom is 0.125 e. The van der Waals surface area contributed by atoms with E-state index in [1.807, 2.05) is 64.1 Å². The van der Waals surface area contributed by atoms with Gasteiger partial charge in [-0.15, -0.1) is 0 Å². The first-order chi connectivity index (χ1) is 14.5. The fourth-order valence-corrected chi connectivity index (χ4v) is 3.04. The van der Waals surface area contributed by atoms with Crippen molar-refractivity contribution in [3.05, 3.63) is 65.2 Å². The highest BCUT2D eigenvalue weighted by atomic mass is 16.6. The Morgan fingerprint density at radius 1 is 0.933 bits per heavy atom. The molecule has 0 saturated heterocycles. The summed E-state index contributed by atoms with van der Waals surface area (Å²) in [4.78, 5) is 4.79. The van der Waals surface area contributed by atoms with Crippen molar-refractivity contribution >= 4 is 5.71 Å². The van der Waals surface area contributed by atoms with Gasteiger partial charge in [0.05, 0.1) is 5.71 Å². The summed E-state index contributed by atoms with van der Waals surface area (Å²) in [5.41, 5.74) is 4.34. The molecule has 0 saturated carbocycles. The molecule has 0 fully saturated rings. The number of hydrogen-bond acceptors (Lipinski definition) is 5. The Balaban J connectivity index is 1.78. The van der Waals surface area contributed by atoms with E-state index in [-0.39, 0.29) is 0 Å². The molecule has 0 aliphatic heterocycles. The molecule has 162 valence electrons. The summed E-state index contributed by atoms with van der Waals surface area (Å²) in [5.74, 6) is 2.58. The monoisotopic (exact) mass is 411 g/mol. The third kappa shape index (κ3) is 7.82. The third-order valence-corrected chi connectivity index (χ3v) is 4.56. The largest absolute Gasteiger partial charge is 0.490 e. The summed E-state index contributed by atoms with van der Waals surface area (Å²) in [6.07, 6.45) is 5.76. The van der Waals surface area contributed by atoms with Crippen molar-refractivity contribution in [2.45, 2.75) is 40.5 Å². The normalized spacial score (nSPS) is 11.6. The molecule has 0 atom stereocenters. The Morgan fingerprint density at radius 3 is 2.23 bits per heavy atom. The summed E-state index contributed by atoms with van der Waals surface area (Å²) in [5, 5.41) is 3.93. The Labute approximate surface area is 180 Å². The van der Waals surface area contributed by atoms with Crippen molar-refractivity contribution < 1.29 is 19.0 Å². The van der Waals surface area contributed by atoms with Gasteiger partial charge in [0, 0.05) is 0 Å². The van der Waals surface area contributed by atoms with Gasteiger partial charge in [-0.1, -0.05) is 29.4 Å². The lowest BCUT2D eigenvalue weighted by atomic mass is 10.1. The summed E-state index contributed by atoms with van der Waals surface area (Å²) >= 11 is 0. The standard InChI is InChI=1S/C25H33NO4/c1-6-7-14-28-24-17-19(2)25(20(3)18-24)30-16-15-29-23-12-10-22(11-13-23)9-8-21(4)26-27-5/h6-7,10-13,17-18H,8-9,14-16H2,1-5H3/b7-6+,26-21?. The van der Waals surface area contributed by atoms with Crippen LogP contribution < -0.4 is 14.2 Å². The van der Waals surface area contributed by atoms with Gasteiger partial charge in [-0.3, -0.25) is 0 Å². The number of rotatable bonds is 12. The second kappa shape index (κ2) is 12.6. The van der Waals surface area contributed by atoms with E-state index in [0.29, 0.717) is 19.8 Å². The zero-order valence-corrected chi connectivity index (χ0v) is 18.7. The Hall–Kier alpha value is -2.95. The second-order valence-electron chi connectivity index (χ2n) is 7.12. The van der Waals surface area contributed by atoms with Crippen LogP contribution in [0.4, 0.5) is 0 Å². The van der Waals surface area contributed by atoms with Crippen molar-refractivity contribution in [1.29, 1.82) is 0 Å². The number of aryl methyl sites for hydroxylation is 3. The van der Waals surface area contributed by atoms with E-state index in [1.54, 1.807) is 7.11 Å². The number of hydrogen-bond donors (Lipinski definition) is 0. The van der Waals surface area contributed by atoms with E-state index in [0.717, 1.165) is 46.9 Å². The minimum absolute atomic E-state index is 0.481. The van der Waals surface area contributed by atoms with Crippen LogP contribution in [0.3, 0.4) is 0 Å². The highest BCUT2D eigenvalue weighted by Gasteiger charge is 2.07. The number of nitrogens with zero attached hydrogens (tertiary/aromatic N) is 1. The molecule has 0 aliphatic carbocycles. The molecule has 2 aromatic carbocycles. The van der Waals surface area contributed by atoms with Crippen LogP contribution in [-0.2, 0) is 11.3 Å². The Morgan fingerprint density at radius 2 is 1.60 bits per heavy atom. The van der Waals surface area contributed by atoms with E-state index in [9.17, 15) is 0 Å². The van der Waals surface area contributed by atoms with Crippen LogP contribution in [0.15, 0.2) is 53.7 Å². The predicted octanol–water partition coefficient (Wildman–Crippen LogP) is 5.67. The van der Waals surface area contributed by atoms with E-state index in [4.69, 9.17) is 19.0 Å². The van der Waals surface area contributed by atoms with E-state index < -0.39 is 0 Å². The van der Waals surface area contributed by atoms with Gasteiger partial charge in [0.1, 0.15) is 44.2 Å². The molecular weight excluding hydrogens is 378 g/mol. The average Bonchev–Trinajstić information content (AvgIpc) is 2.72. The van der Waals surface area contributed by atoms with Crippen molar-refractivity contribution in [3.63, 3.8) is 0 Å². The molecule has 5 nitrogen and oxygen atoms in total. The molecule has 2 aromatic rings. The topological polar surface area (TPSA) is 49.3 Å². The van der Waals surface area contributed by atoms with Crippen molar-refractivity contribution in [3.8, 4) is 17.2 Å². The molecule has 0 aromatic heterocycles. The summed E-state index contributed by atoms with van der Waals surface area (Å²) in [7, 11) is 1.57. The van der Waals surface area contributed by atoms with Crippen molar-refractivity contribution in [2.24, 2.45) is 5.16 Å². The third-order valence-electron chi connectivity index (χ3n) is 4.56. The SMILES string of the molecule is C/C=C/COc1cc(C)c(OCCOc2ccc(CCC(C)=NOC)cc2)c(C)c1. The van der Waals surface area contributed by atoms with E-state index >= 15 is 0 Å². The van der Waals surface area contributed by atoms with Crippen LogP contribution >= 0.6 is 0 Å². The molecule has 0 bridgehead atoms. The zero-order valence-electron chi connectivity index (χ0n) is 18.7. The Kier molecular flexibility index (Phi) is 9.78. The van der Waals surface area contributed by atoms with Gasteiger partial charge < -0.3 is 19.0 Å². The number of allylic oxidation sites excluding steroid dienone is 1. The predicted molar refractivity (Wildman–Crippen MR) is 122 cm³/mol. The van der Waals surface area contributed by atoms with Crippen molar-refractivity contribution in [2.75, 3.05) is 26.9 Å². The summed E-state index contributed by atoms with van der Waals surface area (Å²) < 4.78 is 17.5. The molecule has 2 rings (SSSR count). The minimum atomic E-state index is 0.481. The lowest BCUT2D eigenvalue weighted by molar-refractivity contribution is 0.212. The lowest BCUT2D eigenvalue weighted by Gasteiger charge is -2.15. The van der Waals surface area contributed by atoms with Gasteiger partial charge in [0.2, 0.25) is 0 Å². The fraction of sp³-hybridized carbons (Fsp3) is 0.400. The van der Waals surface area contributed by atoms with E-state index in [1.165, 1.54) is 5.56 Å². The molecule has 0 unspecified atom stereocenters. The van der Waals surface area contributed by atoms with Gasteiger partial charge in [0.25, 0.3) is 0 Å². The van der Waals surface area contributed by atoms with Gasteiger partial charge in [-0.2, -0.15) is 0 Å². The molecule has 5 heteroatoms. The van der Waals surface area contributed by atoms with Crippen LogP contribution in [-0.4, -0.2) is 32.6 Å². The van der Waals surface area contributed by atoms with Gasteiger partial charge in [-0.25, -0.2) is 0 Å². The molecule has 0 aliphatic rings. The first kappa shape index (κ1) is 23.3. The molecule has 0 N–H and O–H groups in total. The maximum absolute atomic E-state index is 5.96. The van der Waals surface area contributed by atoms with Crippen LogP contribution in [0.25, 0.3) is 0 Å². The molecule has 0 spiro atoms. The molecular formula is C25H33NO4. The molecule has 0 amide bonds. The summed E-state index contributed by atoms with van der Waals surface area (Å²) in [6.45, 7) is 9.55. The quantitative estimate of drug-likeness (QED) is 0.195. The first-order valence-electron chi connectivity index (χ1n) is 10.3. The highest BCUT2D eigenvalue weighted by molar-refractivity contribution is 5.81. The first-order valence-corrected chi connectivity index (χ1v) is 10.3. The Bertz CT molecular complexity index is 818. The number of oxime groups is 1. The maximum atomic E-state index is 5.96. The highest BCUT2D eigenvalue weighted by Crippen LogP contribution is 2.28. The minimum Gasteiger partial charge on any atom is -0.490 e. The van der Waals surface area contributed by atoms with Crippen LogP contribution in [0, 0.1) is 13.8 Å². The zero-order chi connectivity index (χ0) is 21.8. The van der Waals surface area contributed by atoms with Crippen molar-refractivity contribution in [1.82, 2.24) is 0 Å². The fourth-order valence-electron chi connectivity index (χ4n) is 3.04. The lowest BCUT2D eigenvalue weighted by Crippen LogP contribution is -2.10. The van der Waals surface area contributed by atoms with Gasteiger partial charge in [0.15, 0.2) is 0 Å². The molecule has 0 radical (unpaired) electrons. The summed E-state index contributed by atoms with van der Waals surface area (Å²) in [6, 6.07) is 12.2.